The highest BCUT2D eigenvalue weighted by molar-refractivity contribution is 5.75. The number of carbonyl (C=O) groups is 1. The standard InChI is InChI=1S/C15H29NO2/c1-14(2,3)13(17)18-12-8-7-10-16(11-9-12)15(4,5)6/h12H,7-11H2,1-6H3. The summed E-state index contributed by atoms with van der Waals surface area (Å²) in [5.41, 5.74) is -0.182. The number of hydrogen-bond donors (Lipinski definition) is 0. The molecule has 0 radical (unpaired) electrons. The monoisotopic (exact) mass is 255 g/mol. The van der Waals surface area contributed by atoms with E-state index in [-0.39, 0.29) is 17.6 Å². The van der Waals surface area contributed by atoms with Gasteiger partial charge < -0.3 is 4.74 Å². The first-order valence-electron chi connectivity index (χ1n) is 7.07. The summed E-state index contributed by atoms with van der Waals surface area (Å²) in [6.45, 7) is 14.6. The Morgan fingerprint density at radius 2 is 1.67 bits per heavy atom. The maximum Gasteiger partial charge on any atom is 0.311 e. The van der Waals surface area contributed by atoms with Crippen LogP contribution in [0.5, 0.6) is 0 Å². The van der Waals surface area contributed by atoms with Crippen LogP contribution in [0.25, 0.3) is 0 Å². The van der Waals surface area contributed by atoms with Crippen LogP contribution in [-0.4, -0.2) is 35.6 Å². The van der Waals surface area contributed by atoms with E-state index >= 15 is 0 Å². The topological polar surface area (TPSA) is 29.5 Å². The number of ether oxygens (including phenoxy) is 1. The molecule has 106 valence electrons. The van der Waals surface area contributed by atoms with Gasteiger partial charge in [-0.3, -0.25) is 9.69 Å². The molecule has 0 aromatic rings. The number of carbonyl (C=O) groups excluding carboxylic acids is 1. The molecule has 0 aliphatic carbocycles. The number of rotatable bonds is 1. The number of nitrogens with zero attached hydrogens (tertiary/aromatic N) is 1. The van der Waals surface area contributed by atoms with E-state index in [0.717, 1.165) is 32.4 Å². The van der Waals surface area contributed by atoms with Gasteiger partial charge in [0, 0.05) is 12.1 Å². The average Bonchev–Trinajstić information content (AvgIpc) is 2.40. The summed E-state index contributed by atoms with van der Waals surface area (Å²) in [6, 6.07) is 0. The lowest BCUT2D eigenvalue weighted by atomic mass is 9.97. The molecule has 1 fully saturated rings. The molecule has 1 aliphatic heterocycles. The summed E-state index contributed by atoms with van der Waals surface area (Å²) >= 11 is 0. The summed E-state index contributed by atoms with van der Waals surface area (Å²) in [5.74, 6) is -0.0725. The van der Waals surface area contributed by atoms with Crippen LogP contribution in [0, 0.1) is 5.41 Å². The molecule has 0 N–H and O–H groups in total. The minimum absolute atomic E-state index is 0.0725. The van der Waals surface area contributed by atoms with Crippen molar-refractivity contribution in [3.05, 3.63) is 0 Å². The summed E-state index contributed by atoms with van der Waals surface area (Å²) in [6.07, 6.45) is 3.16. The van der Waals surface area contributed by atoms with E-state index in [1.54, 1.807) is 0 Å². The molecule has 1 saturated heterocycles. The normalized spacial score (nSPS) is 23.6. The molecule has 0 aromatic heterocycles. The first kappa shape index (κ1) is 15.5. The van der Waals surface area contributed by atoms with E-state index in [2.05, 4.69) is 25.7 Å². The van der Waals surface area contributed by atoms with Crippen molar-refractivity contribution in [2.45, 2.75) is 72.4 Å². The Kier molecular flexibility index (Phi) is 4.82. The highest BCUT2D eigenvalue weighted by atomic mass is 16.5. The molecule has 1 unspecified atom stereocenters. The van der Waals surface area contributed by atoms with E-state index in [9.17, 15) is 4.79 Å². The molecule has 1 rings (SSSR count). The van der Waals surface area contributed by atoms with Crippen LogP contribution in [0.4, 0.5) is 0 Å². The van der Waals surface area contributed by atoms with Crippen molar-refractivity contribution in [2.24, 2.45) is 5.41 Å². The molecule has 0 bridgehead atoms. The van der Waals surface area contributed by atoms with Gasteiger partial charge in [-0.15, -0.1) is 0 Å². The van der Waals surface area contributed by atoms with E-state index in [1.165, 1.54) is 0 Å². The molecule has 0 aromatic carbocycles. The zero-order valence-corrected chi connectivity index (χ0v) is 12.9. The molecule has 1 atom stereocenters. The van der Waals surface area contributed by atoms with Crippen molar-refractivity contribution in [3.63, 3.8) is 0 Å². The van der Waals surface area contributed by atoms with Gasteiger partial charge in [0.05, 0.1) is 5.41 Å². The van der Waals surface area contributed by atoms with Crippen LogP contribution in [0.1, 0.15) is 60.8 Å². The Morgan fingerprint density at radius 1 is 1.06 bits per heavy atom. The fourth-order valence-corrected chi connectivity index (χ4v) is 2.18. The van der Waals surface area contributed by atoms with Crippen LogP contribution in [0.2, 0.25) is 0 Å². The van der Waals surface area contributed by atoms with Gasteiger partial charge in [-0.1, -0.05) is 0 Å². The van der Waals surface area contributed by atoms with Crippen molar-refractivity contribution >= 4 is 5.97 Å². The second kappa shape index (κ2) is 5.60. The predicted octanol–water partition coefficient (Wildman–Crippen LogP) is 3.23. The third-order valence-electron chi connectivity index (χ3n) is 3.51. The quantitative estimate of drug-likeness (QED) is 0.674. The Morgan fingerprint density at radius 3 is 2.17 bits per heavy atom. The fraction of sp³-hybridized carbons (Fsp3) is 0.933. The second-order valence-corrected chi connectivity index (χ2v) is 7.37. The summed E-state index contributed by atoms with van der Waals surface area (Å²) < 4.78 is 5.63. The van der Waals surface area contributed by atoms with Crippen LogP contribution >= 0.6 is 0 Å². The van der Waals surface area contributed by atoms with Gasteiger partial charge in [0.1, 0.15) is 6.10 Å². The van der Waals surface area contributed by atoms with Crippen LogP contribution in [0.3, 0.4) is 0 Å². The molecular formula is C15H29NO2. The van der Waals surface area contributed by atoms with Crippen molar-refractivity contribution < 1.29 is 9.53 Å². The zero-order valence-electron chi connectivity index (χ0n) is 12.9. The van der Waals surface area contributed by atoms with Gasteiger partial charge in [0.2, 0.25) is 0 Å². The first-order valence-corrected chi connectivity index (χ1v) is 7.07. The summed E-state index contributed by atoms with van der Waals surface area (Å²) in [5, 5.41) is 0. The lowest BCUT2D eigenvalue weighted by Crippen LogP contribution is -2.42. The van der Waals surface area contributed by atoms with Crippen molar-refractivity contribution in [1.29, 1.82) is 0 Å². The zero-order chi connectivity index (χ0) is 14.0. The molecule has 1 heterocycles. The largest absolute Gasteiger partial charge is 0.462 e. The Hall–Kier alpha value is -0.570. The van der Waals surface area contributed by atoms with Crippen molar-refractivity contribution in [2.75, 3.05) is 13.1 Å². The Balaban J connectivity index is 2.50. The van der Waals surface area contributed by atoms with Crippen LogP contribution in [0.15, 0.2) is 0 Å². The van der Waals surface area contributed by atoms with Crippen molar-refractivity contribution in [1.82, 2.24) is 4.90 Å². The van der Waals surface area contributed by atoms with E-state index in [4.69, 9.17) is 4.74 Å². The third-order valence-corrected chi connectivity index (χ3v) is 3.51. The molecule has 3 nitrogen and oxygen atoms in total. The lowest BCUT2D eigenvalue weighted by Gasteiger charge is -2.34. The van der Waals surface area contributed by atoms with Gasteiger partial charge in [-0.2, -0.15) is 0 Å². The Labute approximate surface area is 112 Å². The average molecular weight is 255 g/mol. The predicted molar refractivity (Wildman–Crippen MR) is 74.5 cm³/mol. The van der Waals surface area contributed by atoms with E-state index in [0.29, 0.717) is 0 Å². The van der Waals surface area contributed by atoms with Gasteiger partial charge in [0.25, 0.3) is 0 Å². The number of likely N-dealkylation sites (tertiary alicyclic amines) is 1. The van der Waals surface area contributed by atoms with Crippen LogP contribution in [-0.2, 0) is 9.53 Å². The third kappa shape index (κ3) is 4.60. The molecule has 0 spiro atoms. The molecule has 0 amide bonds. The lowest BCUT2D eigenvalue weighted by molar-refractivity contribution is -0.159. The number of hydrogen-bond acceptors (Lipinski definition) is 3. The molecule has 3 heteroatoms. The fourth-order valence-electron chi connectivity index (χ4n) is 2.18. The Bertz CT molecular complexity index is 286. The van der Waals surface area contributed by atoms with Gasteiger partial charge in [0.15, 0.2) is 0 Å². The van der Waals surface area contributed by atoms with Crippen LogP contribution < -0.4 is 0 Å². The number of esters is 1. The second-order valence-electron chi connectivity index (χ2n) is 7.37. The highest BCUT2D eigenvalue weighted by Crippen LogP contribution is 2.24. The van der Waals surface area contributed by atoms with Gasteiger partial charge >= 0.3 is 5.97 Å². The van der Waals surface area contributed by atoms with E-state index < -0.39 is 5.41 Å². The summed E-state index contributed by atoms with van der Waals surface area (Å²) in [7, 11) is 0. The SMILES string of the molecule is CC(C)(C)C(=O)OC1CCCN(C(C)(C)C)CC1. The molecular weight excluding hydrogens is 226 g/mol. The highest BCUT2D eigenvalue weighted by Gasteiger charge is 2.29. The van der Waals surface area contributed by atoms with Gasteiger partial charge in [-0.25, -0.2) is 0 Å². The maximum absolute atomic E-state index is 11.9. The molecule has 0 saturated carbocycles. The smallest absolute Gasteiger partial charge is 0.311 e. The molecule has 1 aliphatic rings. The van der Waals surface area contributed by atoms with Crippen molar-refractivity contribution in [3.8, 4) is 0 Å². The maximum atomic E-state index is 11.9. The van der Waals surface area contributed by atoms with E-state index in [1.807, 2.05) is 20.8 Å². The minimum Gasteiger partial charge on any atom is -0.462 e. The van der Waals surface area contributed by atoms with Gasteiger partial charge in [-0.05, 0) is 67.3 Å². The first-order chi connectivity index (χ1) is 8.10. The summed E-state index contributed by atoms with van der Waals surface area (Å²) in [4.78, 5) is 14.4. The minimum atomic E-state index is -0.393. The molecule has 18 heavy (non-hydrogen) atoms.